The molecule has 1 aromatic heterocycles. The molecule has 0 bridgehead atoms. The molecule has 0 spiro atoms. The van der Waals surface area contributed by atoms with Gasteiger partial charge in [-0.15, -0.1) is 0 Å². The number of aromatic carboxylic acids is 1. The summed E-state index contributed by atoms with van der Waals surface area (Å²) >= 11 is 0. The van der Waals surface area contributed by atoms with Crippen LogP contribution in [0.3, 0.4) is 0 Å². The van der Waals surface area contributed by atoms with Crippen LogP contribution in [0.1, 0.15) is 46.8 Å². The first-order valence-corrected chi connectivity index (χ1v) is 11.6. The Bertz CT molecular complexity index is 1200. The Morgan fingerprint density at radius 3 is 2.40 bits per heavy atom. The highest BCUT2D eigenvalue weighted by Crippen LogP contribution is 2.37. The van der Waals surface area contributed by atoms with Crippen molar-refractivity contribution in [3.8, 4) is 11.1 Å². The van der Waals surface area contributed by atoms with Gasteiger partial charge in [-0.3, -0.25) is 4.90 Å². The summed E-state index contributed by atoms with van der Waals surface area (Å²) < 4.78 is 40.4. The van der Waals surface area contributed by atoms with E-state index < -0.39 is 17.7 Å². The van der Waals surface area contributed by atoms with Crippen LogP contribution in [0.25, 0.3) is 11.1 Å². The topological polar surface area (TPSA) is 56.7 Å². The smallest absolute Gasteiger partial charge is 0.417 e. The number of hydrogen-bond acceptors (Lipinski definition) is 4. The van der Waals surface area contributed by atoms with Crippen molar-refractivity contribution in [2.75, 3.05) is 31.1 Å². The van der Waals surface area contributed by atoms with Crippen LogP contribution in [0.4, 0.5) is 19.0 Å². The molecule has 1 fully saturated rings. The van der Waals surface area contributed by atoms with Crippen LogP contribution < -0.4 is 4.90 Å². The van der Waals surface area contributed by atoms with Gasteiger partial charge in [0.25, 0.3) is 0 Å². The Morgan fingerprint density at radius 1 is 1.03 bits per heavy atom. The van der Waals surface area contributed by atoms with Gasteiger partial charge >= 0.3 is 12.1 Å². The molecule has 3 aromatic rings. The van der Waals surface area contributed by atoms with E-state index in [1.54, 1.807) is 30.5 Å². The number of carboxylic acids is 1. The number of hydrogen-bond donors (Lipinski definition) is 1. The number of aromatic nitrogens is 1. The van der Waals surface area contributed by atoms with Gasteiger partial charge in [0, 0.05) is 38.9 Å². The summed E-state index contributed by atoms with van der Waals surface area (Å²) in [5.74, 6) is -0.414. The third-order valence-corrected chi connectivity index (χ3v) is 6.35. The minimum absolute atomic E-state index is 0.0684. The lowest BCUT2D eigenvalue weighted by atomic mass is 9.97. The molecule has 0 amide bonds. The van der Waals surface area contributed by atoms with Crippen LogP contribution >= 0.6 is 0 Å². The number of pyridine rings is 1. The number of halogens is 3. The maximum atomic E-state index is 13.5. The second-order valence-electron chi connectivity index (χ2n) is 9.07. The third-order valence-electron chi connectivity index (χ3n) is 6.35. The van der Waals surface area contributed by atoms with E-state index in [9.17, 15) is 23.1 Å². The molecule has 4 rings (SSSR count). The number of rotatable bonds is 6. The van der Waals surface area contributed by atoms with Gasteiger partial charge in [0.1, 0.15) is 11.4 Å². The first-order chi connectivity index (χ1) is 16.6. The third kappa shape index (κ3) is 5.48. The molecule has 0 aliphatic carbocycles. The zero-order valence-corrected chi connectivity index (χ0v) is 19.7. The van der Waals surface area contributed by atoms with E-state index in [0.717, 1.165) is 17.2 Å². The average molecular weight is 484 g/mol. The Kier molecular flexibility index (Phi) is 7.12. The standard InChI is InChI=1S/C27H28F3N3O2/c1-18(2)21-10-11-31-25(24(21)26(34)35)33-14-12-32(13-15-33)17-19-6-5-7-20(16-19)22-8-3-4-9-23(22)27(28,29)30/h3-11,16,18H,12-15,17H2,1-2H3,(H,34,35). The number of benzene rings is 2. The Balaban J connectivity index is 1.48. The van der Waals surface area contributed by atoms with Crippen LogP contribution in [0.5, 0.6) is 0 Å². The molecule has 5 nitrogen and oxygen atoms in total. The van der Waals surface area contributed by atoms with E-state index in [1.807, 2.05) is 30.9 Å². The van der Waals surface area contributed by atoms with Crippen molar-refractivity contribution >= 4 is 11.8 Å². The largest absolute Gasteiger partial charge is 0.478 e. The summed E-state index contributed by atoms with van der Waals surface area (Å²) in [4.78, 5) is 20.6. The normalized spacial score (nSPS) is 15.0. The number of piperazine rings is 1. The number of nitrogens with zero attached hydrogens (tertiary/aromatic N) is 3. The summed E-state index contributed by atoms with van der Waals surface area (Å²) in [5.41, 5.74) is 2.02. The molecular weight excluding hydrogens is 455 g/mol. The van der Waals surface area contributed by atoms with Crippen LogP contribution in [-0.2, 0) is 12.7 Å². The summed E-state index contributed by atoms with van der Waals surface area (Å²) in [5, 5.41) is 9.82. The summed E-state index contributed by atoms with van der Waals surface area (Å²) in [7, 11) is 0. The summed E-state index contributed by atoms with van der Waals surface area (Å²) in [6.45, 7) is 7.14. The van der Waals surface area contributed by atoms with Crippen molar-refractivity contribution in [1.82, 2.24) is 9.88 Å². The lowest BCUT2D eigenvalue weighted by Crippen LogP contribution is -2.46. The Labute approximate surface area is 202 Å². The summed E-state index contributed by atoms with van der Waals surface area (Å²) in [6, 6.07) is 14.6. The van der Waals surface area contributed by atoms with E-state index >= 15 is 0 Å². The van der Waals surface area contributed by atoms with Gasteiger partial charge in [0.2, 0.25) is 0 Å². The number of anilines is 1. The van der Waals surface area contributed by atoms with Gasteiger partial charge in [-0.25, -0.2) is 9.78 Å². The van der Waals surface area contributed by atoms with E-state index in [2.05, 4.69) is 9.88 Å². The molecule has 2 heterocycles. The average Bonchev–Trinajstić information content (AvgIpc) is 2.83. The van der Waals surface area contributed by atoms with Gasteiger partial charge in [-0.2, -0.15) is 13.2 Å². The molecule has 1 saturated heterocycles. The first-order valence-electron chi connectivity index (χ1n) is 11.6. The highest BCUT2D eigenvalue weighted by atomic mass is 19.4. The van der Waals surface area contributed by atoms with Crippen molar-refractivity contribution in [1.29, 1.82) is 0 Å². The molecule has 1 N–H and O–H groups in total. The van der Waals surface area contributed by atoms with Gasteiger partial charge in [0.15, 0.2) is 0 Å². The Hall–Kier alpha value is -3.39. The molecule has 8 heteroatoms. The number of alkyl halides is 3. The SMILES string of the molecule is CC(C)c1ccnc(N2CCN(Cc3cccc(-c4ccccc4C(F)(F)F)c3)CC2)c1C(=O)O. The Morgan fingerprint density at radius 2 is 1.74 bits per heavy atom. The molecule has 0 unspecified atom stereocenters. The van der Waals surface area contributed by atoms with Crippen molar-refractivity contribution in [3.63, 3.8) is 0 Å². The van der Waals surface area contributed by atoms with Crippen LogP contribution in [0.15, 0.2) is 60.8 Å². The van der Waals surface area contributed by atoms with Crippen LogP contribution in [-0.4, -0.2) is 47.1 Å². The maximum absolute atomic E-state index is 13.5. The van der Waals surface area contributed by atoms with Gasteiger partial charge in [0.05, 0.1) is 5.56 Å². The molecule has 1 aliphatic rings. The van der Waals surface area contributed by atoms with Crippen molar-refractivity contribution < 1.29 is 23.1 Å². The van der Waals surface area contributed by atoms with Gasteiger partial charge < -0.3 is 10.0 Å². The molecule has 1 aliphatic heterocycles. The monoisotopic (exact) mass is 483 g/mol. The molecule has 35 heavy (non-hydrogen) atoms. The van der Waals surface area contributed by atoms with E-state index in [4.69, 9.17) is 0 Å². The predicted octanol–water partition coefficient (Wildman–Crippen LogP) is 5.91. The molecule has 0 atom stereocenters. The lowest BCUT2D eigenvalue weighted by Gasteiger charge is -2.36. The van der Waals surface area contributed by atoms with Crippen molar-refractivity contribution in [2.24, 2.45) is 0 Å². The fraction of sp³-hybridized carbons (Fsp3) is 0.333. The van der Waals surface area contributed by atoms with Crippen molar-refractivity contribution in [2.45, 2.75) is 32.5 Å². The highest BCUT2D eigenvalue weighted by molar-refractivity contribution is 5.95. The summed E-state index contributed by atoms with van der Waals surface area (Å²) in [6.07, 6.45) is -2.76. The predicted molar refractivity (Wildman–Crippen MR) is 130 cm³/mol. The highest BCUT2D eigenvalue weighted by Gasteiger charge is 2.33. The molecule has 0 saturated carbocycles. The molecule has 184 valence electrons. The molecular formula is C27H28F3N3O2. The zero-order valence-electron chi connectivity index (χ0n) is 19.7. The maximum Gasteiger partial charge on any atom is 0.417 e. The van der Waals surface area contributed by atoms with Crippen molar-refractivity contribution in [3.05, 3.63) is 83.0 Å². The second kappa shape index (κ2) is 10.1. The van der Waals surface area contributed by atoms with E-state index in [0.29, 0.717) is 44.1 Å². The van der Waals surface area contributed by atoms with E-state index in [1.165, 1.54) is 12.1 Å². The van der Waals surface area contributed by atoms with E-state index in [-0.39, 0.29) is 17.0 Å². The number of carbonyl (C=O) groups is 1. The second-order valence-corrected chi connectivity index (χ2v) is 9.07. The number of carboxylic acid groups (broad SMARTS) is 1. The zero-order chi connectivity index (χ0) is 25.2. The lowest BCUT2D eigenvalue weighted by molar-refractivity contribution is -0.137. The molecule has 0 radical (unpaired) electrons. The fourth-order valence-corrected chi connectivity index (χ4v) is 4.60. The van der Waals surface area contributed by atoms with Crippen LogP contribution in [0, 0.1) is 0 Å². The quantitative estimate of drug-likeness (QED) is 0.472. The first kappa shape index (κ1) is 24.7. The van der Waals surface area contributed by atoms with Gasteiger partial charge in [-0.05, 0) is 46.4 Å². The minimum Gasteiger partial charge on any atom is -0.478 e. The fourth-order valence-electron chi connectivity index (χ4n) is 4.60. The molecule has 2 aromatic carbocycles. The minimum atomic E-state index is -4.42. The van der Waals surface area contributed by atoms with Crippen LogP contribution in [0.2, 0.25) is 0 Å². The van der Waals surface area contributed by atoms with Gasteiger partial charge in [-0.1, -0.05) is 50.2 Å².